The Kier molecular flexibility index (Phi) is 7.69. The normalized spacial score (nSPS) is 13.2. The molecule has 1 aliphatic heterocycles. The third-order valence-electron chi connectivity index (χ3n) is 5.13. The first-order chi connectivity index (χ1) is 14.6. The van der Waals surface area contributed by atoms with Crippen molar-refractivity contribution in [2.75, 3.05) is 19.8 Å². The highest BCUT2D eigenvalue weighted by Gasteiger charge is 2.39. The van der Waals surface area contributed by atoms with Gasteiger partial charge in [-0.2, -0.15) is 0 Å². The molecule has 30 heavy (non-hydrogen) atoms. The maximum Gasteiger partial charge on any atom is 0.286 e. The Morgan fingerprint density at radius 2 is 1.43 bits per heavy atom. The second-order valence-corrected chi connectivity index (χ2v) is 7.47. The number of hydroxylamine groups is 2. The Bertz CT molecular complexity index is 908. The van der Waals surface area contributed by atoms with Crippen molar-refractivity contribution >= 4 is 22.6 Å². The van der Waals surface area contributed by atoms with Gasteiger partial charge in [0.05, 0.1) is 36.3 Å². The summed E-state index contributed by atoms with van der Waals surface area (Å²) in [6, 6.07) is 7.24. The van der Waals surface area contributed by atoms with Crippen molar-refractivity contribution in [1.29, 1.82) is 0 Å². The molecule has 6 nitrogen and oxygen atoms in total. The summed E-state index contributed by atoms with van der Waals surface area (Å²) in [6.07, 6.45) is 5.55. The van der Waals surface area contributed by atoms with Crippen LogP contribution >= 0.6 is 0 Å². The molecule has 3 rings (SSSR count). The van der Waals surface area contributed by atoms with Gasteiger partial charge in [-0.15, -0.1) is 5.06 Å². The van der Waals surface area contributed by atoms with Crippen molar-refractivity contribution < 1.29 is 23.9 Å². The van der Waals surface area contributed by atoms with Crippen LogP contribution in [0.4, 0.5) is 0 Å². The van der Waals surface area contributed by atoms with Crippen LogP contribution in [0.15, 0.2) is 24.3 Å². The van der Waals surface area contributed by atoms with Crippen molar-refractivity contribution in [1.82, 2.24) is 5.06 Å². The number of fused-ring (bicyclic) bond motifs is 3. The van der Waals surface area contributed by atoms with E-state index in [0.717, 1.165) is 49.0 Å². The third-order valence-corrected chi connectivity index (χ3v) is 5.13. The van der Waals surface area contributed by atoms with Crippen molar-refractivity contribution in [3.05, 3.63) is 35.4 Å². The fourth-order valence-electron chi connectivity index (χ4n) is 3.42. The SMILES string of the molecule is CCCCOc1cccc2c3c(cc(OCCCC)c12)C(=O)N(OCCCC)C3=O. The number of hydrogen-bond acceptors (Lipinski definition) is 5. The molecule has 0 radical (unpaired) electrons. The molecule has 0 unspecified atom stereocenters. The molecule has 6 heteroatoms. The van der Waals surface area contributed by atoms with Gasteiger partial charge >= 0.3 is 0 Å². The van der Waals surface area contributed by atoms with Crippen LogP contribution in [0.2, 0.25) is 0 Å². The maximum atomic E-state index is 13.1. The lowest BCUT2D eigenvalue weighted by atomic mass is 9.98. The minimum Gasteiger partial charge on any atom is -0.493 e. The van der Waals surface area contributed by atoms with E-state index in [0.29, 0.717) is 47.8 Å². The van der Waals surface area contributed by atoms with Crippen LogP contribution in [0.1, 0.15) is 80.0 Å². The second-order valence-electron chi connectivity index (χ2n) is 7.47. The molecule has 0 fully saturated rings. The maximum absolute atomic E-state index is 13.1. The molecule has 0 aliphatic carbocycles. The van der Waals surface area contributed by atoms with Crippen LogP contribution in [0, 0.1) is 0 Å². The van der Waals surface area contributed by atoms with Gasteiger partial charge < -0.3 is 9.47 Å². The van der Waals surface area contributed by atoms with Crippen LogP contribution in [-0.2, 0) is 4.84 Å². The average Bonchev–Trinajstić information content (AvgIpc) is 2.99. The van der Waals surface area contributed by atoms with Crippen LogP contribution in [0.3, 0.4) is 0 Å². The highest BCUT2D eigenvalue weighted by atomic mass is 16.7. The van der Waals surface area contributed by atoms with Gasteiger partial charge in [0.1, 0.15) is 11.5 Å². The minimum atomic E-state index is -0.439. The molecule has 2 amide bonds. The third kappa shape index (κ3) is 4.43. The lowest BCUT2D eigenvalue weighted by Crippen LogP contribution is -2.30. The molecule has 162 valence electrons. The van der Waals surface area contributed by atoms with Gasteiger partial charge in [0.25, 0.3) is 11.8 Å². The Balaban J connectivity index is 2.06. The number of rotatable bonds is 12. The number of nitrogens with zero attached hydrogens (tertiary/aromatic N) is 1. The lowest BCUT2D eigenvalue weighted by Gasteiger charge is -2.15. The minimum absolute atomic E-state index is 0.321. The molecule has 0 atom stereocenters. The van der Waals surface area contributed by atoms with E-state index in [1.54, 1.807) is 6.07 Å². The molecule has 0 saturated carbocycles. The number of carbonyl (C=O) groups excluding carboxylic acids is 2. The van der Waals surface area contributed by atoms with Crippen molar-refractivity contribution in [3.8, 4) is 11.5 Å². The van der Waals surface area contributed by atoms with E-state index in [1.165, 1.54) is 0 Å². The fourth-order valence-corrected chi connectivity index (χ4v) is 3.42. The molecule has 0 saturated heterocycles. The zero-order valence-electron chi connectivity index (χ0n) is 18.2. The molecule has 2 aromatic carbocycles. The predicted octanol–water partition coefficient (Wildman–Crippen LogP) is 5.53. The monoisotopic (exact) mass is 413 g/mol. The number of amides is 2. The zero-order chi connectivity index (χ0) is 21.5. The molecule has 0 bridgehead atoms. The van der Waals surface area contributed by atoms with Gasteiger partial charge in [-0.3, -0.25) is 14.4 Å². The number of hydrogen-bond donors (Lipinski definition) is 0. The summed E-state index contributed by atoms with van der Waals surface area (Å²) in [5.41, 5.74) is 0.677. The van der Waals surface area contributed by atoms with E-state index < -0.39 is 11.8 Å². The molecule has 1 aliphatic rings. The summed E-state index contributed by atoms with van der Waals surface area (Å²) in [4.78, 5) is 31.5. The van der Waals surface area contributed by atoms with E-state index in [4.69, 9.17) is 14.3 Å². The highest BCUT2D eigenvalue weighted by Crippen LogP contribution is 2.41. The number of ether oxygens (including phenoxy) is 2. The molecule has 0 spiro atoms. The second kappa shape index (κ2) is 10.4. The fraction of sp³-hybridized carbons (Fsp3) is 0.500. The summed E-state index contributed by atoms with van der Waals surface area (Å²) in [5.74, 6) is 0.370. The topological polar surface area (TPSA) is 65.1 Å². The lowest BCUT2D eigenvalue weighted by molar-refractivity contribution is -0.0919. The van der Waals surface area contributed by atoms with E-state index in [-0.39, 0.29) is 0 Å². The Morgan fingerprint density at radius 3 is 2.10 bits per heavy atom. The number of unbranched alkanes of at least 4 members (excludes halogenated alkanes) is 3. The van der Waals surface area contributed by atoms with Gasteiger partial charge in [0.15, 0.2) is 0 Å². The summed E-state index contributed by atoms with van der Waals surface area (Å²) in [6.45, 7) is 7.67. The van der Waals surface area contributed by atoms with Crippen molar-refractivity contribution in [2.24, 2.45) is 0 Å². The van der Waals surface area contributed by atoms with Crippen molar-refractivity contribution in [2.45, 2.75) is 59.3 Å². The van der Waals surface area contributed by atoms with Gasteiger partial charge in [-0.1, -0.05) is 52.2 Å². The van der Waals surface area contributed by atoms with Gasteiger partial charge in [-0.25, -0.2) is 0 Å². The summed E-state index contributed by atoms with van der Waals surface area (Å²) < 4.78 is 12.1. The van der Waals surface area contributed by atoms with Crippen LogP contribution in [0.25, 0.3) is 10.8 Å². The first-order valence-electron chi connectivity index (χ1n) is 11.0. The average molecular weight is 414 g/mol. The molecular formula is C24H31NO5. The number of imide groups is 1. The van der Waals surface area contributed by atoms with Crippen molar-refractivity contribution in [3.63, 3.8) is 0 Å². The number of benzene rings is 2. The number of carbonyl (C=O) groups is 2. The molecular weight excluding hydrogens is 382 g/mol. The quantitative estimate of drug-likeness (QED) is 0.338. The van der Waals surface area contributed by atoms with E-state index in [2.05, 4.69) is 13.8 Å². The first kappa shape index (κ1) is 22.1. The van der Waals surface area contributed by atoms with E-state index >= 15 is 0 Å². The largest absolute Gasteiger partial charge is 0.493 e. The van der Waals surface area contributed by atoms with E-state index in [9.17, 15) is 9.59 Å². The smallest absolute Gasteiger partial charge is 0.286 e. The Morgan fingerprint density at radius 1 is 0.800 bits per heavy atom. The molecule has 0 aromatic heterocycles. The van der Waals surface area contributed by atoms with Crippen LogP contribution < -0.4 is 9.47 Å². The highest BCUT2D eigenvalue weighted by molar-refractivity contribution is 6.27. The Hall–Kier alpha value is -2.60. The first-order valence-corrected chi connectivity index (χ1v) is 11.0. The predicted molar refractivity (Wildman–Crippen MR) is 116 cm³/mol. The molecule has 2 aromatic rings. The van der Waals surface area contributed by atoms with Gasteiger partial charge in [-0.05, 0) is 31.4 Å². The van der Waals surface area contributed by atoms with E-state index in [1.807, 2.05) is 25.1 Å². The zero-order valence-corrected chi connectivity index (χ0v) is 18.2. The molecule has 0 N–H and O–H groups in total. The Labute approximate surface area is 178 Å². The summed E-state index contributed by atoms with van der Waals surface area (Å²) in [7, 11) is 0. The standard InChI is InChI=1S/C24H31NO5/c1-4-7-13-28-19-12-10-11-17-21-18(16-20(22(17)19)29-14-8-5-2)23(26)25(24(21)27)30-15-9-6-3/h10-12,16H,4-9,13-15H2,1-3H3. The van der Waals surface area contributed by atoms with Crippen LogP contribution in [0.5, 0.6) is 11.5 Å². The summed E-state index contributed by atoms with van der Waals surface area (Å²) in [5, 5.41) is 2.29. The summed E-state index contributed by atoms with van der Waals surface area (Å²) >= 11 is 0. The van der Waals surface area contributed by atoms with Gasteiger partial charge in [0, 0.05) is 5.39 Å². The van der Waals surface area contributed by atoms with Crippen LogP contribution in [-0.4, -0.2) is 36.7 Å². The van der Waals surface area contributed by atoms with Gasteiger partial charge in [0.2, 0.25) is 0 Å². The molecule has 1 heterocycles.